The van der Waals surface area contributed by atoms with Gasteiger partial charge in [-0.2, -0.15) is 9.41 Å². The zero-order valence-electron chi connectivity index (χ0n) is 16.1. The summed E-state index contributed by atoms with van der Waals surface area (Å²) >= 11 is 0. The summed E-state index contributed by atoms with van der Waals surface area (Å²) in [5.41, 5.74) is 3.38. The number of hydrogen-bond donors (Lipinski definition) is 1. The molecular formula is C19H22N4O5S. The Kier molecular flexibility index (Phi) is 6.26. The maximum absolute atomic E-state index is 13.3. The Hall–Kier alpha value is -2.82. The lowest BCUT2D eigenvalue weighted by Crippen LogP contribution is -2.48. The van der Waals surface area contributed by atoms with E-state index in [0.29, 0.717) is 0 Å². The van der Waals surface area contributed by atoms with Gasteiger partial charge in [0, 0.05) is 25.2 Å². The van der Waals surface area contributed by atoms with Crippen LogP contribution in [-0.2, 0) is 14.8 Å². The van der Waals surface area contributed by atoms with E-state index in [1.165, 1.54) is 22.7 Å². The zero-order valence-corrected chi connectivity index (χ0v) is 16.9. The Labute approximate surface area is 169 Å². The van der Waals surface area contributed by atoms with E-state index in [4.69, 9.17) is 4.74 Å². The van der Waals surface area contributed by atoms with Crippen LogP contribution in [0.15, 0.2) is 58.5 Å². The largest absolute Gasteiger partial charge is 0.373 e. The van der Waals surface area contributed by atoms with E-state index in [1.54, 1.807) is 13.8 Å². The van der Waals surface area contributed by atoms with Gasteiger partial charge in [-0.05, 0) is 25.5 Å². The van der Waals surface area contributed by atoms with Crippen LogP contribution in [0.25, 0.3) is 0 Å². The average molecular weight is 418 g/mol. The van der Waals surface area contributed by atoms with Gasteiger partial charge >= 0.3 is 0 Å². The van der Waals surface area contributed by atoms with Gasteiger partial charge in [0.25, 0.3) is 5.69 Å². The summed E-state index contributed by atoms with van der Waals surface area (Å²) in [6.45, 7) is 3.91. The van der Waals surface area contributed by atoms with Crippen LogP contribution in [0.4, 0.5) is 11.4 Å². The second-order valence-corrected chi connectivity index (χ2v) is 8.70. The molecule has 1 heterocycles. The van der Waals surface area contributed by atoms with Gasteiger partial charge in [0.05, 0.1) is 29.0 Å². The minimum absolute atomic E-state index is 0.162. The van der Waals surface area contributed by atoms with E-state index >= 15 is 0 Å². The molecule has 2 aromatic carbocycles. The number of non-ortho nitro benzene ring substituents is 1. The molecule has 154 valence electrons. The molecule has 3 rings (SSSR count). The second kappa shape index (κ2) is 8.68. The summed E-state index contributed by atoms with van der Waals surface area (Å²) in [5.74, 6) is 0. The summed E-state index contributed by atoms with van der Waals surface area (Å²) in [5, 5.41) is 15.3. The number of morpholine rings is 1. The lowest BCUT2D eigenvalue weighted by molar-refractivity contribution is -0.385. The summed E-state index contributed by atoms with van der Waals surface area (Å²) in [4.78, 5) is 10.4. The molecular weight excluding hydrogens is 396 g/mol. The normalized spacial score (nSPS) is 20.6. The number of nitrogens with zero attached hydrogens (tertiary/aromatic N) is 3. The molecule has 0 aliphatic carbocycles. The molecule has 1 N–H and O–H groups in total. The van der Waals surface area contributed by atoms with Crippen molar-refractivity contribution in [3.05, 3.63) is 64.2 Å². The molecule has 2 aromatic rings. The fraction of sp³-hybridized carbons (Fsp3) is 0.316. The molecule has 0 unspecified atom stereocenters. The number of benzene rings is 2. The molecule has 1 saturated heterocycles. The van der Waals surface area contributed by atoms with Crippen molar-refractivity contribution in [3.63, 3.8) is 0 Å². The Morgan fingerprint density at radius 2 is 1.83 bits per heavy atom. The van der Waals surface area contributed by atoms with Crippen molar-refractivity contribution in [3.8, 4) is 0 Å². The van der Waals surface area contributed by atoms with Gasteiger partial charge in [-0.15, -0.1) is 0 Å². The first-order valence-electron chi connectivity index (χ1n) is 9.05. The highest BCUT2D eigenvalue weighted by molar-refractivity contribution is 7.89. The van der Waals surface area contributed by atoms with Gasteiger partial charge in [-0.3, -0.25) is 15.5 Å². The van der Waals surface area contributed by atoms with Crippen LogP contribution in [-0.4, -0.2) is 49.2 Å². The van der Waals surface area contributed by atoms with Crippen LogP contribution >= 0.6 is 0 Å². The quantitative estimate of drug-likeness (QED) is 0.438. The van der Waals surface area contributed by atoms with E-state index in [-0.39, 0.29) is 41.6 Å². The van der Waals surface area contributed by atoms with Gasteiger partial charge in [-0.1, -0.05) is 30.3 Å². The highest BCUT2D eigenvalue weighted by atomic mass is 32.2. The predicted octanol–water partition coefficient (Wildman–Crippen LogP) is 2.84. The standard InChI is InChI=1S/C19H22N4O5S/c1-14-12-22(13-15(2)28-14)29(26,27)19-10-17(23(24)25)8-9-18(19)21-20-11-16-6-4-3-5-7-16/h3-11,14-15,21H,12-13H2,1-2H3/b20-11-/t14-,15+. The third kappa shape index (κ3) is 4.97. The van der Waals surface area contributed by atoms with Crippen LogP contribution in [0.2, 0.25) is 0 Å². The summed E-state index contributed by atoms with van der Waals surface area (Å²) in [7, 11) is -4.00. The highest BCUT2D eigenvalue weighted by Gasteiger charge is 2.34. The van der Waals surface area contributed by atoms with Gasteiger partial charge in [0.1, 0.15) is 4.90 Å². The Morgan fingerprint density at radius 3 is 2.45 bits per heavy atom. The fourth-order valence-electron chi connectivity index (χ4n) is 3.11. The predicted molar refractivity (Wildman–Crippen MR) is 110 cm³/mol. The van der Waals surface area contributed by atoms with Crippen molar-refractivity contribution < 1.29 is 18.1 Å². The molecule has 0 saturated carbocycles. The maximum Gasteiger partial charge on any atom is 0.270 e. The van der Waals surface area contributed by atoms with Crippen molar-refractivity contribution in [2.24, 2.45) is 5.10 Å². The fourth-order valence-corrected chi connectivity index (χ4v) is 4.86. The Balaban J connectivity index is 1.95. The SMILES string of the molecule is C[C@@H]1CN(S(=O)(=O)c2cc([N+](=O)[O-])ccc2N/N=C\c2ccccc2)C[C@H](C)O1. The molecule has 1 fully saturated rings. The molecule has 9 nitrogen and oxygen atoms in total. The van der Waals surface area contributed by atoms with E-state index in [9.17, 15) is 18.5 Å². The smallest absolute Gasteiger partial charge is 0.270 e. The molecule has 0 bridgehead atoms. The number of ether oxygens (including phenoxy) is 1. The minimum Gasteiger partial charge on any atom is -0.373 e. The summed E-state index contributed by atoms with van der Waals surface area (Å²) in [6.07, 6.45) is 0.982. The monoisotopic (exact) mass is 418 g/mol. The van der Waals surface area contributed by atoms with Crippen molar-refractivity contribution in [1.29, 1.82) is 0 Å². The Bertz CT molecular complexity index is 1000. The topological polar surface area (TPSA) is 114 Å². The molecule has 0 aromatic heterocycles. The molecule has 0 spiro atoms. The van der Waals surface area contributed by atoms with Gasteiger partial charge < -0.3 is 4.74 Å². The Morgan fingerprint density at radius 1 is 1.17 bits per heavy atom. The zero-order chi connectivity index (χ0) is 21.0. The number of nitrogens with one attached hydrogen (secondary N) is 1. The van der Waals surface area contributed by atoms with Crippen LogP contribution in [0.1, 0.15) is 19.4 Å². The van der Waals surface area contributed by atoms with Gasteiger partial charge in [-0.25, -0.2) is 8.42 Å². The van der Waals surface area contributed by atoms with Crippen molar-refractivity contribution in [2.75, 3.05) is 18.5 Å². The van der Waals surface area contributed by atoms with Crippen molar-refractivity contribution >= 4 is 27.6 Å². The lowest BCUT2D eigenvalue weighted by atomic mass is 10.2. The number of rotatable bonds is 6. The molecule has 2 atom stereocenters. The first-order chi connectivity index (χ1) is 13.8. The average Bonchev–Trinajstić information content (AvgIpc) is 2.68. The molecule has 0 radical (unpaired) electrons. The van der Waals surface area contributed by atoms with E-state index < -0.39 is 14.9 Å². The summed E-state index contributed by atoms with van der Waals surface area (Å²) < 4.78 is 33.4. The van der Waals surface area contributed by atoms with Crippen LogP contribution in [0.5, 0.6) is 0 Å². The first-order valence-corrected chi connectivity index (χ1v) is 10.5. The van der Waals surface area contributed by atoms with Crippen LogP contribution < -0.4 is 5.43 Å². The first kappa shape index (κ1) is 20.9. The van der Waals surface area contributed by atoms with E-state index in [1.807, 2.05) is 30.3 Å². The molecule has 1 aliphatic heterocycles. The molecule has 1 aliphatic rings. The number of hydrogen-bond acceptors (Lipinski definition) is 7. The van der Waals surface area contributed by atoms with E-state index in [0.717, 1.165) is 11.6 Å². The van der Waals surface area contributed by atoms with Crippen LogP contribution in [0.3, 0.4) is 0 Å². The number of anilines is 1. The number of nitro groups is 1. The molecule has 29 heavy (non-hydrogen) atoms. The molecule has 10 heteroatoms. The number of nitro benzene ring substituents is 1. The third-order valence-corrected chi connectivity index (χ3v) is 6.25. The number of sulfonamides is 1. The van der Waals surface area contributed by atoms with Crippen molar-refractivity contribution in [1.82, 2.24) is 4.31 Å². The lowest BCUT2D eigenvalue weighted by Gasteiger charge is -2.34. The summed E-state index contributed by atoms with van der Waals surface area (Å²) in [6, 6.07) is 12.9. The van der Waals surface area contributed by atoms with Gasteiger partial charge in [0.2, 0.25) is 10.0 Å². The van der Waals surface area contributed by atoms with Crippen molar-refractivity contribution in [2.45, 2.75) is 31.0 Å². The van der Waals surface area contributed by atoms with Crippen LogP contribution in [0, 0.1) is 10.1 Å². The second-order valence-electron chi connectivity index (χ2n) is 6.80. The maximum atomic E-state index is 13.3. The van der Waals surface area contributed by atoms with E-state index in [2.05, 4.69) is 10.5 Å². The molecule has 0 amide bonds. The highest BCUT2D eigenvalue weighted by Crippen LogP contribution is 2.30. The minimum atomic E-state index is -4.00. The van der Waals surface area contributed by atoms with Gasteiger partial charge in [0.15, 0.2) is 0 Å². The third-order valence-electron chi connectivity index (χ3n) is 4.38. The number of hydrazone groups is 1.